The van der Waals surface area contributed by atoms with Crippen molar-refractivity contribution >= 4 is 28.5 Å². The van der Waals surface area contributed by atoms with E-state index in [1.807, 2.05) is 66.7 Å². The highest BCUT2D eigenvalue weighted by atomic mass is 35.5. The van der Waals surface area contributed by atoms with Crippen LogP contribution >= 0.6 is 11.6 Å². The summed E-state index contributed by atoms with van der Waals surface area (Å²) in [5, 5.41) is 9.04. The first kappa shape index (κ1) is 22.0. The molecule has 0 aliphatic carbocycles. The molecule has 0 bridgehead atoms. The summed E-state index contributed by atoms with van der Waals surface area (Å²) in [4.78, 5) is 22.9. The van der Waals surface area contributed by atoms with Crippen molar-refractivity contribution in [2.75, 3.05) is 0 Å². The summed E-state index contributed by atoms with van der Waals surface area (Å²) in [5.74, 6) is 0.696. The molecule has 0 radical (unpaired) electrons. The second-order valence-electron chi connectivity index (χ2n) is 8.52. The number of rotatable bonds is 6. The molecule has 0 spiro atoms. The summed E-state index contributed by atoms with van der Waals surface area (Å²) < 4.78 is 3.76. The van der Waals surface area contributed by atoms with E-state index in [0.717, 1.165) is 28.1 Å². The molecule has 0 unspecified atom stereocenters. The Morgan fingerprint density at radius 1 is 1.12 bits per heavy atom. The molecule has 1 amide bonds. The Balaban J connectivity index is 1.80. The summed E-state index contributed by atoms with van der Waals surface area (Å²) in [6, 6.07) is 8.99. The molecule has 32 heavy (non-hydrogen) atoms. The van der Waals surface area contributed by atoms with Crippen LogP contribution in [0.3, 0.4) is 0 Å². The Bertz CT molecular complexity index is 1260. The predicted octanol–water partition coefficient (Wildman–Crippen LogP) is 5.04. The molecule has 166 valence electrons. The van der Waals surface area contributed by atoms with Gasteiger partial charge in [-0.1, -0.05) is 37.6 Å². The van der Waals surface area contributed by atoms with Crippen molar-refractivity contribution in [3.63, 3.8) is 0 Å². The van der Waals surface area contributed by atoms with E-state index < -0.39 is 6.04 Å². The molecule has 0 fully saturated rings. The van der Waals surface area contributed by atoms with E-state index in [0.29, 0.717) is 10.6 Å². The highest BCUT2D eigenvalue weighted by Gasteiger charge is 2.24. The first-order chi connectivity index (χ1) is 15.3. The number of nitrogens with zero attached hydrogens (tertiary/aromatic N) is 5. The van der Waals surface area contributed by atoms with Crippen molar-refractivity contribution in [2.24, 2.45) is 7.05 Å². The van der Waals surface area contributed by atoms with Gasteiger partial charge in [-0.3, -0.25) is 4.79 Å². The number of halogens is 1. The van der Waals surface area contributed by atoms with Gasteiger partial charge in [0.25, 0.3) is 5.91 Å². The minimum Gasteiger partial charge on any atom is -0.338 e. The predicted molar refractivity (Wildman–Crippen MR) is 126 cm³/mol. The van der Waals surface area contributed by atoms with E-state index in [9.17, 15) is 4.79 Å². The molecule has 1 aromatic carbocycles. The molecule has 1 N–H and O–H groups in total. The number of carbonyl (C=O) groups is 1. The lowest BCUT2D eigenvalue weighted by atomic mass is 10.0. The van der Waals surface area contributed by atoms with Gasteiger partial charge in [-0.2, -0.15) is 5.10 Å². The van der Waals surface area contributed by atoms with Crippen LogP contribution in [0.5, 0.6) is 0 Å². The summed E-state index contributed by atoms with van der Waals surface area (Å²) in [7, 11) is 1.91. The van der Waals surface area contributed by atoms with E-state index in [1.54, 1.807) is 12.4 Å². The Hall–Kier alpha value is -3.19. The lowest BCUT2D eigenvalue weighted by Gasteiger charge is -2.20. The number of imidazole rings is 1. The van der Waals surface area contributed by atoms with Gasteiger partial charge in [-0.05, 0) is 43.5 Å². The van der Waals surface area contributed by atoms with E-state index in [4.69, 9.17) is 16.6 Å². The van der Waals surface area contributed by atoms with Gasteiger partial charge in [0, 0.05) is 36.2 Å². The van der Waals surface area contributed by atoms with Crippen LogP contribution in [0.15, 0.2) is 48.9 Å². The van der Waals surface area contributed by atoms with Gasteiger partial charge in [-0.25, -0.2) is 14.6 Å². The van der Waals surface area contributed by atoms with Crippen LogP contribution in [0, 0.1) is 0 Å². The molecule has 1 atom stereocenters. The van der Waals surface area contributed by atoms with Gasteiger partial charge in [0.1, 0.15) is 11.9 Å². The fraction of sp³-hybridized carbons (Fsp3) is 0.333. The third-order valence-corrected chi connectivity index (χ3v) is 5.76. The van der Waals surface area contributed by atoms with Gasteiger partial charge in [-0.15, -0.1) is 0 Å². The maximum absolute atomic E-state index is 13.6. The molecular weight excluding hydrogens is 424 g/mol. The molecular formula is C24H27ClN6O. The normalized spacial score (nSPS) is 12.6. The molecule has 8 heteroatoms. The number of aryl methyl sites for hydroxylation is 1. The standard InChI is InChI=1S/C24H27ClN6O/c1-14(2)20-12-18(19-13-27-31(15(3)4)22(19)28-20)24(32)29-21(23-26-10-11-30(23)5)16-6-8-17(25)9-7-16/h6-15,21H,1-5H3,(H,29,32)/t21-/m1/s1. The number of nitrogens with one attached hydrogen (secondary N) is 1. The van der Waals surface area contributed by atoms with Crippen molar-refractivity contribution in [3.05, 3.63) is 76.6 Å². The number of benzene rings is 1. The van der Waals surface area contributed by atoms with Gasteiger partial charge in [0.2, 0.25) is 0 Å². The average Bonchev–Trinajstić information content (AvgIpc) is 3.38. The SMILES string of the molecule is CC(C)c1cc(C(=O)N[C@H](c2ccc(Cl)cc2)c2nccn2C)c2cnn(C(C)C)c2n1. The lowest BCUT2D eigenvalue weighted by Crippen LogP contribution is -2.31. The quantitative estimate of drug-likeness (QED) is 0.446. The van der Waals surface area contributed by atoms with Crippen LogP contribution in [0.4, 0.5) is 0 Å². The number of pyridine rings is 1. The number of amides is 1. The van der Waals surface area contributed by atoms with E-state index in [1.165, 1.54) is 0 Å². The fourth-order valence-corrected chi connectivity index (χ4v) is 3.84. The summed E-state index contributed by atoms with van der Waals surface area (Å²) in [6.45, 7) is 8.23. The third kappa shape index (κ3) is 4.12. The second kappa shape index (κ2) is 8.74. The number of aromatic nitrogens is 5. The van der Waals surface area contributed by atoms with Gasteiger partial charge < -0.3 is 9.88 Å². The van der Waals surface area contributed by atoms with Crippen molar-refractivity contribution in [1.29, 1.82) is 0 Å². The zero-order valence-electron chi connectivity index (χ0n) is 18.9. The second-order valence-corrected chi connectivity index (χ2v) is 8.96. The molecule has 4 rings (SSSR count). The van der Waals surface area contributed by atoms with Gasteiger partial charge in [0.15, 0.2) is 5.65 Å². The molecule has 0 aliphatic rings. The largest absolute Gasteiger partial charge is 0.338 e. The number of hydrogen-bond acceptors (Lipinski definition) is 4. The molecule has 4 aromatic rings. The minimum atomic E-state index is -0.439. The molecule has 7 nitrogen and oxygen atoms in total. The number of fused-ring (bicyclic) bond motifs is 1. The Morgan fingerprint density at radius 2 is 1.84 bits per heavy atom. The van der Waals surface area contributed by atoms with E-state index in [2.05, 4.69) is 29.2 Å². The fourth-order valence-electron chi connectivity index (χ4n) is 3.72. The molecule has 0 saturated heterocycles. The molecule has 3 heterocycles. The minimum absolute atomic E-state index is 0.132. The summed E-state index contributed by atoms with van der Waals surface area (Å²) >= 11 is 6.09. The van der Waals surface area contributed by atoms with Crippen molar-refractivity contribution in [2.45, 2.75) is 45.7 Å². The topological polar surface area (TPSA) is 77.6 Å². The van der Waals surface area contributed by atoms with Crippen LogP contribution in [-0.4, -0.2) is 30.2 Å². The third-order valence-electron chi connectivity index (χ3n) is 5.51. The molecule has 0 aliphatic heterocycles. The Labute approximate surface area is 192 Å². The maximum Gasteiger partial charge on any atom is 0.253 e. The van der Waals surface area contributed by atoms with Crippen LogP contribution in [-0.2, 0) is 7.05 Å². The zero-order chi connectivity index (χ0) is 23.0. The monoisotopic (exact) mass is 450 g/mol. The number of carbonyl (C=O) groups excluding carboxylic acids is 1. The van der Waals surface area contributed by atoms with Crippen molar-refractivity contribution in [1.82, 2.24) is 29.6 Å². The lowest BCUT2D eigenvalue weighted by molar-refractivity contribution is 0.0942. The molecule has 0 saturated carbocycles. The number of hydrogen-bond donors (Lipinski definition) is 1. The van der Waals surface area contributed by atoms with E-state index in [-0.39, 0.29) is 17.9 Å². The Morgan fingerprint density at radius 3 is 2.44 bits per heavy atom. The summed E-state index contributed by atoms with van der Waals surface area (Å²) in [6.07, 6.45) is 5.30. The van der Waals surface area contributed by atoms with Gasteiger partial charge in [0.05, 0.1) is 17.1 Å². The highest BCUT2D eigenvalue weighted by Crippen LogP contribution is 2.27. The summed E-state index contributed by atoms with van der Waals surface area (Å²) in [5.41, 5.74) is 3.02. The van der Waals surface area contributed by atoms with Crippen LogP contribution in [0.1, 0.15) is 73.1 Å². The smallest absolute Gasteiger partial charge is 0.253 e. The van der Waals surface area contributed by atoms with Crippen LogP contribution in [0.25, 0.3) is 11.0 Å². The van der Waals surface area contributed by atoms with Crippen LogP contribution < -0.4 is 5.32 Å². The zero-order valence-corrected chi connectivity index (χ0v) is 19.6. The highest BCUT2D eigenvalue weighted by molar-refractivity contribution is 6.30. The van der Waals surface area contributed by atoms with Crippen molar-refractivity contribution in [3.8, 4) is 0 Å². The Kier molecular flexibility index (Phi) is 6.02. The average molecular weight is 451 g/mol. The van der Waals surface area contributed by atoms with Gasteiger partial charge >= 0.3 is 0 Å². The first-order valence-corrected chi connectivity index (χ1v) is 11.1. The first-order valence-electron chi connectivity index (χ1n) is 10.7. The van der Waals surface area contributed by atoms with Crippen molar-refractivity contribution < 1.29 is 4.79 Å². The van der Waals surface area contributed by atoms with E-state index >= 15 is 0 Å². The molecule has 3 aromatic heterocycles. The maximum atomic E-state index is 13.6. The van der Waals surface area contributed by atoms with Crippen LogP contribution in [0.2, 0.25) is 5.02 Å².